The van der Waals surface area contributed by atoms with E-state index in [0.717, 1.165) is 24.3 Å². The van der Waals surface area contributed by atoms with Gasteiger partial charge in [-0.15, -0.1) is 0 Å². The molecule has 2 aliphatic rings. The molecular formula is C23H27N3O2. The standard InChI is InChI=1S/C23H27N3O2/c1-17(27)18-9-11-21(12-10-18)25-13-15-26(16-14-25)23(28)24-22(20-7-8-20)19-5-3-2-4-6-19/h2-6,9-12,20,22H,7-8,13-16H2,1H3,(H,24,28)/t22-/m1/s1. The second-order valence-corrected chi connectivity index (χ2v) is 7.75. The van der Waals surface area contributed by atoms with Crippen LogP contribution in [-0.2, 0) is 0 Å². The molecule has 1 aliphatic carbocycles. The van der Waals surface area contributed by atoms with E-state index < -0.39 is 0 Å². The summed E-state index contributed by atoms with van der Waals surface area (Å²) in [6.07, 6.45) is 2.37. The zero-order valence-corrected chi connectivity index (χ0v) is 16.3. The van der Waals surface area contributed by atoms with E-state index in [9.17, 15) is 9.59 Å². The van der Waals surface area contributed by atoms with E-state index in [-0.39, 0.29) is 17.9 Å². The molecular weight excluding hydrogens is 350 g/mol. The summed E-state index contributed by atoms with van der Waals surface area (Å²) in [7, 11) is 0. The smallest absolute Gasteiger partial charge is 0.318 e. The van der Waals surface area contributed by atoms with Crippen LogP contribution in [0.1, 0.15) is 41.7 Å². The zero-order valence-electron chi connectivity index (χ0n) is 16.3. The van der Waals surface area contributed by atoms with Crippen LogP contribution in [0.3, 0.4) is 0 Å². The van der Waals surface area contributed by atoms with Crippen molar-refractivity contribution in [1.29, 1.82) is 0 Å². The molecule has 0 spiro atoms. The number of Topliss-reactive ketones (excluding diaryl/α,β-unsaturated/α-hetero) is 1. The third kappa shape index (κ3) is 4.19. The van der Waals surface area contributed by atoms with Gasteiger partial charge in [-0.05, 0) is 55.5 Å². The van der Waals surface area contributed by atoms with Gasteiger partial charge in [-0.3, -0.25) is 4.79 Å². The number of ketones is 1. The number of hydrogen-bond donors (Lipinski definition) is 1. The first kappa shape index (κ1) is 18.5. The number of anilines is 1. The summed E-state index contributed by atoms with van der Waals surface area (Å²) in [5, 5.41) is 3.27. The molecule has 0 unspecified atom stereocenters. The maximum absolute atomic E-state index is 12.8. The van der Waals surface area contributed by atoms with Crippen molar-refractivity contribution in [3.05, 3.63) is 65.7 Å². The van der Waals surface area contributed by atoms with Gasteiger partial charge in [0.2, 0.25) is 0 Å². The quantitative estimate of drug-likeness (QED) is 0.805. The Morgan fingerprint density at radius 1 is 0.929 bits per heavy atom. The number of piperazine rings is 1. The molecule has 5 nitrogen and oxygen atoms in total. The highest BCUT2D eigenvalue weighted by Gasteiger charge is 2.34. The molecule has 0 aromatic heterocycles. The van der Waals surface area contributed by atoms with Crippen LogP contribution in [0.2, 0.25) is 0 Å². The van der Waals surface area contributed by atoms with E-state index >= 15 is 0 Å². The van der Waals surface area contributed by atoms with Gasteiger partial charge in [-0.1, -0.05) is 30.3 Å². The van der Waals surface area contributed by atoms with Gasteiger partial charge in [0.1, 0.15) is 0 Å². The van der Waals surface area contributed by atoms with Crippen molar-refractivity contribution in [1.82, 2.24) is 10.2 Å². The molecule has 1 aliphatic heterocycles. The number of hydrogen-bond acceptors (Lipinski definition) is 3. The van der Waals surface area contributed by atoms with E-state index in [1.807, 2.05) is 47.4 Å². The van der Waals surface area contributed by atoms with E-state index in [1.54, 1.807) is 6.92 Å². The summed E-state index contributed by atoms with van der Waals surface area (Å²) in [6.45, 7) is 4.58. The molecule has 0 radical (unpaired) electrons. The molecule has 4 rings (SSSR count). The summed E-state index contributed by atoms with van der Waals surface area (Å²) in [6, 6.07) is 18.2. The van der Waals surface area contributed by atoms with Crippen LogP contribution in [0.4, 0.5) is 10.5 Å². The van der Waals surface area contributed by atoms with Crippen molar-refractivity contribution < 1.29 is 9.59 Å². The van der Waals surface area contributed by atoms with Gasteiger partial charge in [0.25, 0.3) is 0 Å². The van der Waals surface area contributed by atoms with Crippen molar-refractivity contribution >= 4 is 17.5 Å². The highest BCUT2D eigenvalue weighted by molar-refractivity contribution is 5.94. The average molecular weight is 377 g/mol. The van der Waals surface area contributed by atoms with E-state index in [4.69, 9.17) is 0 Å². The first-order valence-corrected chi connectivity index (χ1v) is 10.1. The van der Waals surface area contributed by atoms with Crippen molar-refractivity contribution in [3.63, 3.8) is 0 Å². The third-order valence-electron chi connectivity index (χ3n) is 5.74. The Kier molecular flexibility index (Phi) is 5.33. The summed E-state index contributed by atoms with van der Waals surface area (Å²) < 4.78 is 0. The highest BCUT2D eigenvalue weighted by Crippen LogP contribution is 2.41. The van der Waals surface area contributed by atoms with Gasteiger partial charge in [-0.25, -0.2) is 4.79 Å². The van der Waals surface area contributed by atoms with E-state index in [1.165, 1.54) is 18.4 Å². The number of urea groups is 1. The first-order valence-electron chi connectivity index (χ1n) is 10.1. The van der Waals surface area contributed by atoms with E-state index in [0.29, 0.717) is 19.0 Å². The zero-order chi connectivity index (χ0) is 19.5. The maximum Gasteiger partial charge on any atom is 0.318 e. The lowest BCUT2D eigenvalue weighted by molar-refractivity contribution is 0.101. The molecule has 5 heteroatoms. The normalized spacial score (nSPS) is 17.9. The van der Waals surface area contributed by atoms with Crippen molar-refractivity contribution in [2.45, 2.75) is 25.8 Å². The Balaban J connectivity index is 1.34. The Hall–Kier alpha value is -2.82. The number of benzene rings is 2. The minimum absolute atomic E-state index is 0.0346. The lowest BCUT2D eigenvalue weighted by Gasteiger charge is -2.37. The minimum atomic E-state index is 0.0346. The van der Waals surface area contributed by atoms with Gasteiger partial charge in [0, 0.05) is 37.4 Å². The molecule has 1 atom stereocenters. The fourth-order valence-electron chi connectivity index (χ4n) is 3.86. The largest absolute Gasteiger partial charge is 0.368 e. The van der Waals surface area contributed by atoms with Crippen LogP contribution in [0.25, 0.3) is 0 Å². The Morgan fingerprint density at radius 2 is 1.57 bits per heavy atom. The fraction of sp³-hybridized carbons (Fsp3) is 0.391. The Morgan fingerprint density at radius 3 is 2.14 bits per heavy atom. The van der Waals surface area contributed by atoms with Gasteiger partial charge in [-0.2, -0.15) is 0 Å². The third-order valence-corrected chi connectivity index (χ3v) is 5.74. The van der Waals surface area contributed by atoms with Crippen LogP contribution in [0.5, 0.6) is 0 Å². The van der Waals surface area contributed by atoms with Crippen LogP contribution in [-0.4, -0.2) is 42.9 Å². The summed E-state index contributed by atoms with van der Waals surface area (Å²) in [5.74, 6) is 0.643. The predicted octanol–water partition coefficient (Wildman–Crippen LogP) is 3.87. The number of rotatable bonds is 5. The lowest BCUT2D eigenvalue weighted by atomic mass is 10.0. The minimum Gasteiger partial charge on any atom is -0.368 e. The Labute approximate surface area is 166 Å². The van der Waals surface area contributed by atoms with Gasteiger partial charge in [0.05, 0.1) is 6.04 Å². The average Bonchev–Trinajstić information content (AvgIpc) is 3.58. The molecule has 2 aromatic carbocycles. The molecule has 2 fully saturated rings. The van der Waals surface area contributed by atoms with Crippen LogP contribution >= 0.6 is 0 Å². The van der Waals surface area contributed by atoms with Crippen molar-refractivity contribution in [2.24, 2.45) is 5.92 Å². The number of nitrogens with one attached hydrogen (secondary N) is 1. The van der Waals surface area contributed by atoms with Gasteiger partial charge < -0.3 is 15.1 Å². The molecule has 28 heavy (non-hydrogen) atoms. The van der Waals surface area contributed by atoms with Gasteiger partial charge >= 0.3 is 6.03 Å². The van der Waals surface area contributed by atoms with Crippen LogP contribution in [0, 0.1) is 5.92 Å². The molecule has 0 bridgehead atoms. The summed E-state index contributed by atoms with van der Waals surface area (Å²) in [4.78, 5) is 28.4. The molecule has 1 saturated heterocycles. The Bertz CT molecular complexity index is 823. The highest BCUT2D eigenvalue weighted by atomic mass is 16.2. The van der Waals surface area contributed by atoms with Gasteiger partial charge in [0.15, 0.2) is 5.78 Å². The van der Waals surface area contributed by atoms with Crippen LogP contribution < -0.4 is 10.2 Å². The van der Waals surface area contributed by atoms with Crippen molar-refractivity contribution in [3.8, 4) is 0 Å². The first-order chi connectivity index (χ1) is 13.6. The van der Waals surface area contributed by atoms with E-state index in [2.05, 4.69) is 22.3 Å². The second-order valence-electron chi connectivity index (χ2n) is 7.75. The number of carbonyl (C=O) groups excluding carboxylic acids is 2. The number of carbonyl (C=O) groups is 2. The lowest BCUT2D eigenvalue weighted by Crippen LogP contribution is -2.52. The maximum atomic E-state index is 12.8. The molecule has 2 amide bonds. The molecule has 1 N–H and O–H groups in total. The number of nitrogens with zero attached hydrogens (tertiary/aromatic N) is 2. The second kappa shape index (κ2) is 8.05. The van der Waals surface area contributed by atoms with Crippen molar-refractivity contribution in [2.75, 3.05) is 31.1 Å². The summed E-state index contributed by atoms with van der Waals surface area (Å²) in [5.41, 5.74) is 3.03. The molecule has 2 aromatic rings. The predicted molar refractivity (Wildman–Crippen MR) is 111 cm³/mol. The molecule has 146 valence electrons. The monoisotopic (exact) mass is 377 g/mol. The molecule has 1 saturated carbocycles. The topological polar surface area (TPSA) is 52.7 Å². The summed E-state index contributed by atoms with van der Waals surface area (Å²) >= 11 is 0. The van der Waals surface area contributed by atoms with Crippen LogP contribution in [0.15, 0.2) is 54.6 Å². The molecule has 1 heterocycles. The SMILES string of the molecule is CC(=O)c1ccc(N2CCN(C(=O)N[C@H](c3ccccc3)C3CC3)CC2)cc1. The fourth-order valence-corrected chi connectivity index (χ4v) is 3.86. The number of amides is 2.